The summed E-state index contributed by atoms with van der Waals surface area (Å²) in [6.07, 6.45) is 0. The number of benzene rings is 2. The van der Waals surface area contributed by atoms with E-state index >= 15 is 0 Å². The number of hydrogen-bond donors (Lipinski definition) is 1. The fraction of sp³-hybridized carbons (Fsp3) is 0.286. The van der Waals surface area contributed by atoms with Gasteiger partial charge in [0.25, 0.3) is 5.91 Å². The summed E-state index contributed by atoms with van der Waals surface area (Å²) in [5.74, 6) is -1.34. The highest BCUT2D eigenvalue weighted by atomic mass is 19.1. The van der Waals surface area contributed by atoms with Crippen LogP contribution in [0.4, 0.5) is 9.18 Å². The second-order valence-corrected chi connectivity index (χ2v) is 7.08. The van der Waals surface area contributed by atoms with Crippen LogP contribution in [0.1, 0.15) is 29.2 Å². The highest BCUT2D eigenvalue weighted by Crippen LogP contribution is 2.30. The Morgan fingerprint density at radius 2 is 1.68 bits per heavy atom. The number of amides is 3. The molecule has 6 nitrogen and oxygen atoms in total. The van der Waals surface area contributed by atoms with Crippen LogP contribution in [-0.4, -0.2) is 29.4 Å². The summed E-state index contributed by atoms with van der Waals surface area (Å²) in [6.45, 7) is 6.55. The van der Waals surface area contributed by atoms with Crippen molar-refractivity contribution in [2.24, 2.45) is 0 Å². The highest BCUT2D eigenvalue weighted by Gasteiger charge is 2.49. The van der Waals surface area contributed by atoms with E-state index in [4.69, 9.17) is 4.74 Å². The maximum absolute atomic E-state index is 13.2. The largest absolute Gasteiger partial charge is 0.425 e. The average molecular weight is 384 g/mol. The molecule has 1 fully saturated rings. The van der Waals surface area contributed by atoms with Crippen molar-refractivity contribution in [2.75, 3.05) is 6.54 Å². The van der Waals surface area contributed by atoms with E-state index in [1.54, 1.807) is 0 Å². The van der Waals surface area contributed by atoms with Crippen molar-refractivity contribution in [3.05, 3.63) is 64.5 Å². The van der Waals surface area contributed by atoms with Gasteiger partial charge in [-0.1, -0.05) is 24.3 Å². The summed E-state index contributed by atoms with van der Waals surface area (Å²) in [7, 11) is 0. The van der Waals surface area contributed by atoms with Crippen LogP contribution < -0.4 is 10.1 Å². The normalized spacial score (nSPS) is 19.0. The Morgan fingerprint density at radius 3 is 2.32 bits per heavy atom. The molecule has 7 heteroatoms. The van der Waals surface area contributed by atoms with E-state index in [0.717, 1.165) is 21.6 Å². The lowest BCUT2D eigenvalue weighted by Crippen LogP contribution is -2.42. The summed E-state index contributed by atoms with van der Waals surface area (Å²) in [5, 5.41) is 2.57. The molecule has 0 spiro atoms. The zero-order valence-electron chi connectivity index (χ0n) is 16.1. The molecular weight excluding hydrogens is 363 g/mol. The number of ether oxygens (including phenoxy) is 1. The first kappa shape index (κ1) is 19.5. The van der Waals surface area contributed by atoms with Crippen molar-refractivity contribution < 1.29 is 23.5 Å². The number of hydrogen-bond acceptors (Lipinski definition) is 4. The van der Waals surface area contributed by atoms with Crippen molar-refractivity contribution >= 4 is 17.9 Å². The number of halogens is 1. The maximum atomic E-state index is 13.2. The Morgan fingerprint density at radius 1 is 1.07 bits per heavy atom. The van der Waals surface area contributed by atoms with Gasteiger partial charge in [-0.25, -0.2) is 14.0 Å². The van der Waals surface area contributed by atoms with E-state index in [-0.39, 0.29) is 0 Å². The van der Waals surface area contributed by atoms with Gasteiger partial charge < -0.3 is 10.1 Å². The fourth-order valence-electron chi connectivity index (χ4n) is 3.18. The van der Waals surface area contributed by atoms with E-state index in [9.17, 15) is 18.8 Å². The predicted molar refractivity (Wildman–Crippen MR) is 100 cm³/mol. The van der Waals surface area contributed by atoms with Crippen molar-refractivity contribution in [2.45, 2.75) is 33.2 Å². The molecule has 146 valence electrons. The summed E-state index contributed by atoms with van der Waals surface area (Å²) >= 11 is 0. The number of carbonyl (C=O) groups excluding carboxylic acids is 3. The van der Waals surface area contributed by atoms with Gasteiger partial charge in [-0.3, -0.25) is 9.69 Å². The fourth-order valence-corrected chi connectivity index (χ4v) is 3.18. The van der Waals surface area contributed by atoms with Gasteiger partial charge in [0, 0.05) is 0 Å². The molecule has 2 aromatic rings. The lowest BCUT2D eigenvalue weighted by atomic mass is 9.92. The maximum Gasteiger partial charge on any atom is 0.331 e. The lowest BCUT2D eigenvalue weighted by molar-refractivity contribution is -0.141. The molecule has 3 amide bonds. The Labute approximate surface area is 162 Å². The number of esters is 1. The summed E-state index contributed by atoms with van der Waals surface area (Å²) in [6, 6.07) is 8.33. The van der Waals surface area contributed by atoms with Crippen LogP contribution in [0, 0.1) is 26.6 Å². The number of carbonyl (C=O) groups is 3. The quantitative estimate of drug-likeness (QED) is 0.499. The molecule has 1 aliphatic rings. The average Bonchev–Trinajstić information content (AvgIpc) is 2.86. The molecule has 0 aliphatic carbocycles. The molecule has 1 atom stereocenters. The smallest absolute Gasteiger partial charge is 0.331 e. The van der Waals surface area contributed by atoms with Crippen LogP contribution in [0.25, 0.3) is 0 Å². The molecule has 1 N–H and O–H groups in total. The number of imide groups is 1. The van der Waals surface area contributed by atoms with Gasteiger partial charge in [-0.2, -0.15) is 0 Å². The number of nitrogens with zero attached hydrogens (tertiary/aromatic N) is 1. The van der Waals surface area contributed by atoms with Crippen molar-refractivity contribution in [3.8, 4) is 5.75 Å². The molecule has 0 bridgehead atoms. The molecule has 3 rings (SSSR count). The van der Waals surface area contributed by atoms with Crippen molar-refractivity contribution in [3.63, 3.8) is 0 Å². The van der Waals surface area contributed by atoms with Crippen LogP contribution in [0.15, 0.2) is 36.4 Å². The van der Waals surface area contributed by atoms with E-state index in [2.05, 4.69) is 5.32 Å². The van der Waals surface area contributed by atoms with Crippen molar-refractivity contribution in [1.82, 2.24) is 10.2 Å². The molecule has 2 aromatic carbocycles. The zero-order chi connectivity index (χ0) is 20.6. The first-order valence-electron chi connectivity index (χ1n) is 8.81. The Balaban J connectivity index is 1.79. The number of aryl methyl sites for hydroxylation is 2. The third kappa shape index (κ3) is 3.35. The molecule has 1 heterocycles. The van der Waals surface area contributed by atoms with Gasteiger partial charge in [0.05, 0.1) is 0 Å². The summed E-state index contributed by atoms with van der Waals surface area (Å²) in [5.41, 5.74) is 1.62. The Bertz CT molecular complexity index is 971. The van der Waals surface area contributed by atoms with Gasteiger partial charge in [0.15, 0.2) is 0 Å². The number of nitrogens with one attached hydrogen (secondary N) is 1. The minimum absolute atomic E-state index is 0.425. The number of urea groups is 1. The molecular formula is C21H21FN2O4. The standard InChI is InChI=1S/C21H21FN2O4/c1-12-5-6-13(2)18(14(12)3)28-17(25)11-24-19(26)21(4,23-20(24)27)15-7-9-16(22)10-8-15/h5-10H,11H2,1-4H3,(H,23,27). The van der Waals surface area contributed by atoms with Crippen molar-refractivity contribution in [1.29, 1.82) is 0 Å². The van der Waals surface area contributed by atoms with Gasteiger partial charge in [0.2, 0.25) is 0 Å². The highest BCUT2D eigenvalue weighted by molar-refractivity contribution is 6.08. The lowest BCUT2D eigenvalue weighted by Gasteiger charge is -2.22. The van der Waals surface area contributed by atoms with E-state index in [0.29, 0.717) is 11.3 Å². The predicted octanol–water partition coefficient (Wildman–Crippen LogP) is 3.12. The Kier molecular flexibility index (Phi) is 4.93. The zero-order valence-corrected chi connectivity index (χ0v) is 16.1. The molecule has 0 aromatic heterocycles. The van der Waals surface area contributed by atoms with Crippen LogP contribution in [0.3, 0.4) is 0 Å². The third-order valence-electron chi connectivity index (χ3n) is 5.07. The topological polar surface area (TPSA) is 75.7 Å². The number of rotatable bonds is 4. The molecule has 1 unspecified atom stereocenters. The van der Waals surface area contributed by atoms with Gasteiger partial charge in [-0.05, 0) is 62.1 Å². The third-order valence-corrected chi connectivity index (χ3v) is 5.07. The van der Waals surface area contributed by atoms with Gasteiger partial charge >= 0.3 is 12.0 Å². The second kappa shape index (κ2) is 7.07. The van der Waals surface area contributed by atoms with Crippen LogP contribution in [-0.2, 0) is 15.1 Å². The Hall–Kier alpha value is -3.22. The van der Waals surface area contributed by atoms with E-state index < -0.39 is 35.8 Å². The first-order valence-corrected chi connectivity index (χ1v) is 8.81. The van der Waals surface area contributed by atoms with E-state index in [1.807, 2.05) is 32.9 Å². The molecule has 0 radical (unpaired) electrons. The van der Waals surface area contributed by atoms with E-state index in [1.165, 1.54) is 31.2 Å². The minimum Gasteiger partial charge on any atom is -0.425 e. The van der Waals surface area contributed by atoms with Crippen LogP contribution >= 0.6 is 0 Å². The summed E-state index contributed by atoms with van der Waals surface area (Å²) in [4.78, 5) is 38.4. The SMILES string of the molecule is Cc1ccc(C)c(OC(=O)CN2C(=O)NC(C)(c3ccc(F)cc3)C2=O)c1C. The van der Waals surface area contributed by atoms with Crippen LogP contribution in [0.2, 0.25) is 0 Å². The molecule has 0 saturated carbocycles. The summed E-state index contributed by atoms with van der Waals surface area (Å²) < 4.78 is 18.6. The van der Waals surface area contributed by atoms with Crippen LogP contribution in [0.5, 0.6) is 5.75 Å². The monoisotopic (exact) mass is 384 g/mol. The second-order valence-electron chi connectivity index (χ2n) is 7.08. The molecule has 1 aliphatic heterocycles. The molecule has 1 saturated heterocycles. The molecule has 28 heavy (non-hydrogen) atoms. The van der Waals surface area contributed by atoms with Gasteiger partial charge in [-0.15, -0.1) is 0 Å². The minimum atomic E-state index is -1.37. The first-order chi connectivity index (χ1) is 13.1. The van der Waals surface area contributed by atoms with Gasteiger partial charge in [0.1, 0.15) is 23.7 Å².